The molecule has 0 aliphatic heterocycles. The van der Waals surface area contributed by atoms with Gasteiger partial charge in [0.2, 0.25) is 5.91 Å². The summed E-state index contributed by atoms with van der Waals surface area (Å²) in [5.41, 5.74) is 12.0. The number of rotatable bonds is 16. The standard InChI is InChI=1S/C20H36N4O5/c1-26-18-15-16(20(27-2)28-3)6-7-17(18)29-14-4-5-19(25)23-10-13-24(11-8-21)12-9-22/h6-7,15,20H,4-5,8-14,21-22H2,1-3H3,(H,23,25). The van der Waals surface area contributed by atoms with Crippen molar-refractivity contribution in [2.24, 2.45) is 11.5 Å². The lowest BCUT2D eigenvalue weighted by Gasteiger charge is -2.20. The van der Waals surface area contributed by atoms with Gasteiger partial charge in [-0.25, -0.2) is 0 Å². The Morgan fingerprint density at radius 1 is 1.07 bits per heavy atom. The molecule has 0 aromatic heterocycles. The van der Waals surface area contributed by atoms with Gasteiger partial charge in [-0.2, -0.15) is 0 Å². The molecular weight excluding hydrogens is 376 g/mol. The van der Waals surface area contributed by atoms with Crippen molar-refractivity contribution in [3.63, 3.8) is 0 Å². The lowest BCUT2D eigenvalue weighted by Crippen LogP contribution is -2.39. The van der Waals surface area contributed by atoms with E-state index in [-0.39, 0.29) is 5.91 Å². The minimum atomic E-state index is -0.465. The third kappa shape index (κ3) is 9.42. The van der Waals surface area contributed by atoms with Gasteiger partial charge in [-0.15, -0.1) is 0 Å². The molecule has 0 saturated carbocycles. The van der Waals surface area contributed by atoms with Crippen LogP contribution in [-0.4, -0.2) is 78.0 Å². The highest BCUT2D eigenvalue weighted by Gasteiger charge is 2.13. The summed E-state index contributed by atoms with van der Waals surface area (Å²) in [4.78, 5) is 14.1. The van der Waals surface area contributed by atoms with Crippen LogP contribution in [-0.2, 0) is 14.3 Å². The zero-order valence-electron chi connectivity index (χ0n) is 17.8. The Labute approximate surface area is 173 Å². The summed E-state index contributed by atoms with van der Waals surface area (Å²) in [6.07, 6.45) is 0.529. The fourth-order valence-electron chi connectivity index (χ4n) is 2.88. The van der Waals surface area contributed by atoms with Crippen molar-refractivity contribution in [2.75, 3.05) is 67.2 Å². The van der Waals surface area contributed by atoms with Gasteiger partial charge in [-0.05, 0) is 18.6 Å². The second kappa shape index (κ2) is 15.0. The van der Waals surface area contributed by atoms with E-state index in [9.17, 15) is 4.79 Å². The summed E-state index contributed by atoms with van der Waals surface area (Å²) in [7, 11) is 4.72. The molecule has 0 radical (unpaired) electrons. The Morgan fingerprint density at radius 3 is 2.34 bits per heavy atom. The van der Waals surface area contributed by atoms with Crippen molar-refractivity contribution in [3.8, 4) is 11.5 Å². The average Bonchev–Trinajstić information content (AvgIpc) is 2.73. The summed E-state index contributed by atoms with van der Waals surface area (Å²) >= 11 is 0. The SMILES string of the molecule is COc1cc(C(OC)OC)ccc1OCCCC(=O)NCCN(CCN)CCN. The Kier molecular flexibility index (Phi) is 13.0. The molecule has 0 saturated heterocycles. The molecule has 0 spiro atoms. The molecule has 0 aliphatic carbocycles. The van der Waals surface area contributed by atoms with Crippen LogP contribution in [0.4, 0.5) is 0 Å². The first kappa shape index (κ1) is 25.1. The topological polar surface area (TPSA) is 121 Å². The zero-order chi connectivity index (χ0) is 21.5. The van der Waals surface area contributed by atoms with Crippen molar-refractivity contribution >= 4 is 5.91 Å². The van der Waals surface area contributed by atoms with Gasteiger partial charge in [0.1, 0.15) is 0 Å². The van der Waals surface area contributed by atoms with Crippen molar-refractivity contribution in [2.45, 2.75) is 19.1 Å². The number of hydrogen-bond acceptors (Lipinski definition) is 8. The van der Waals surface area contributed by atoms with E-state index in [4.69, 9.17) is 30.4 Å². The molecule has 29 heavy (non-hydrogen) atoms. The first-order valence-corrected chi connectivity index (χ1v) is 9.85. The highest BCUT2D eigenvalue weighted by atomic mass is 16.7. The average molecular weight is 413 g/mol. The number of amides is 1. The molecule has 0 unspecified atom stereocenters. The molecule has 9 heteroatoms. The first-order valence-electron chi connectivity index (χ1n) is 9.85. The second-order valence-electron chi connectivity index (χ2n) is 6.43. The molecule has 1 aromatic carbocycles. The maximum absolute atomic E-state index is 12.0. The number of ether oxygens (including phenoxy) is 4. The van der Waals surface area contributed by atoms with Crippen molar-refractivity contribution in [3.05, 3.63) is 23.8 Å². The highest BCUT2D eigenvalue weighted by molar-refractivity contribution is 5.75. The molecule has 166 valence electrons. The Morgan fingerprint density at radius 2 is 1.76 bits per heavy atom. The molecule has 0 aliphatic rings. The van der Waals surface area contributed by atoms with Gasteiger partial charge < -0.3 is 35.7 Å². The maximum atomic E-state index is 12.0. The van der Waals surface area contributed by atoms with E-state index in [1.54, 1.807) is 21.3 Å². The summed E-state index contributed by atoms with van der Waals surface area (Å²) in [6, 6.07) is 5.48. The van der Waals surface area contributed by atoms with Crippen molar-refractivity contribution < 1.29 is 23.7 Å². The van der Waals surface area contributed by atoms with Crippen LogP contribution in [0.5, 0.6) is 11.5 Å². The lowest BCUT2D eigenvalue weighted by molar-refractivity contribution is -0.121. The maximum Gasteiger partial charge on any atom is 0.220 e. The van der Waals surface area contributed by atoms with Gasteiger partial charge in [0, 0.05) is 65.5 Å². The number of methoxy groups -OCH3 is 3. The van der Waals surface area contributed by atoms with E-state index in [2.05, 4.69) is 10.2 Å². The number of nitrogens with zero attached hydrogens (tertiary/aromatic N) is 1. The predicted molar refractivity (Wildman–Crippen MR) is 112 cm³/mol. The number of carbonyl (C=O) groups excluding carboxylic acids is 1. The van der Waals surface area contributed by atoms with E-state index in [1.165, 1.54) is 0 Å². The van der Waals surface area contributed by atoms with Gasteiger partial charge in [0.15, 0.2) is 17.8 Å². The third-order valence-corrected chi connectivity index (χ3v) is 4.33. The van der Waals surface area contributed by atoms with Gasteiger partial charge >= 0.3 is 0 Å². The summed E-state index contributed by atoms with van der Waals surface area (Å²) < 4.78 is 21.6. The molecule has 1 amide bonds. The lowest BCUT2D eigenvalue weighted by atomic mass is 10.2. The second-order valence-corrected chi connectivity index (χ2v) is 6.43. The number of nitrogens with one attached hydrogen (secondary N) is 1. The monoisotopic (exact) mass is 412 g/mol. The minimum Gasteiger partial charge on any atom is -0.493 e. The largest absolute Gasteiger partial charge is 0.493 e. The van der Waals surface area contributed by atoms with Crippen LogP contribution in [0.1, 0.15) is 24.7 Å². The molecular formula is C20H36N4O5. The Bertz CT molecular complexity index is 578. The van der Waals surface area contributed by atoms with Crippen molar-refractivity contribution in [1.82, 2.24) is 10.2 Å². The Hall–Kier alpha value is -1.91. The molecule has 1 rings (SSSR count). The molecule has 0 atom stereocenters. The number of benzene rings is 1. The fourth-order valence-corrected chi connectivity index (χ4v) is 2.88. The minimum absolute atomic E-state index is 0.000564. The summed E-state index contributed by atoms with van der Waals surface area (Å²) in [5, 5.41) is 2.91. The molecule has 5 N–H and O–H groups in total. The molecule has 0 bridgehead atoms. The first-order chi connectivity index (χ1) is 14.1. The summed E-state index contributed by atoms with van der Waals surface area (Å²) in [5.74, 6) is 1.20. The van der Waals surface area contributed by atoms with Crippen molar-refractivity contribution in [1.29, 1.82) is 0 Å². The fraction of sp³-hybridized carbons (Fsp3) is 0.650. The molecule has 0 heterocycles. The van der Waals surface area contributed by atoms with Crippen LogP contribution in [0.2, 0.25) is 0 Å². The van der Waals surface area contributed by atoms with Crippen LogP contribution in [0.25, 0.3) is 0 Å². The van der Waals surface area contributed by atoms with E-state index < -0.39 is 6.29 Å². The van der Waals surface area contributed by atoms with Crippen LogP contribution in [0.15, 0.2) is 18.2 Å². The van der Waals surface area contributed by atoms with Crippen LogP contribution >= 0.6 is 0 Å². The third-order valence-electron chi connectivity index (χ3n) is 4.33. The van der Waals surface area contributed by atoms with E-state index in [0.29, 0.717) is 50.6 Å². The van der Waals surface area contributed by atoms with Crippen LogP contribution < -0.4 is 26.3 Å². The van der Waals surface area contributed by atoms with Gasteiger partial charge in [0.05, 0.1) is 13.7 Å². The molecule has 0 fully saturated rings. The summed E-state index contributed by atoms with van der Waals surface area (Å²) in [6.45, 7) is 4.43. The zero-order valence-corrected chi connectivity index (χ0v) is 17.8. The Balaban J connectivity index is 2.35. The predicted octanol–water partition coefficient (Wildman–Crippen LogP) is 0.481. The number of carbonyl (C=O) groups is 1. The normalized spacial score (nSPS) is 11.1. The molecule has 9 nitrogen and oxygen atoms in total. The van der Waals surface area contributed by atoms with Gasteiger partial charge in [-0.1, -0.05) is 6.07 Å². The van der Waals surface area contributed by atoms with E-state index >= 15 is 0 Å². The highest BCUT2D eigenvalue weighted by Crippen LogP contribution is 2.31. The van der Waals surface area contributed by atoms with E-state index in [0.717, 1.165) is 25.2 Å². The quantitative estimate of drug-likeness (QED) is 0.265. The van der Waals surface area contributed by atoms with Gasteiger partial charge in [0.25, 0.3) is 0 Å². The van der Waals surface area contributed by atoms with Crippen LogP contribution in [0, 0.1) is 0 Å². The van der Waals surface area contributed by atoms with E-state index in [1.807, 2.05) is 18.2 Å². The molecule has 1 aromatic rings. The number of hydrogen-bond donors (Lipinski definition) is 3. The smallest absolute Gasteiger partial charge is 0.220 e. The van der Waals surface area contributed by atoms with Crippen LogP contribution in [0.3, 0.4) is 0 Å². The van der Waals surface area contributed by atoms with Gasteiger partial charge in [-0.3, -0.25) is 9.69 Å². The number of nitrogens with two attached hydrogens (primary N) is 2.